The summed E-state index contributed by atoms with van der Waals surface area (Å²) in [6.45, 7) is 1.22. The summed E-state index contributed by atoms with van der Waals surface area (Å²) in [5, 5.41) is 5.60. The minimum atomic E-state index is -0.675. The molecule has 10 heteroatoms. The Bertz CT molecular complexity index is 1060. The molecule has 3 fully saturated rings. The van der Waals surface area contributed by atoms with Crippen LogP contribution in [-0.2, 0) is 4.79 Å². The van der Waals surface area contributed by atoms with E-state index in [1.807, 2.05) is 4.90 Å². The summed E-state index contributed by atoms with van der Waals surface area (Å²) in [5.74, 6) is -1.47. The molecule has 2 N–H and O–H groups in total. The van der Waals surface area contributed by atoms with Crippen molar-refractivity contribution in [1.82, 2.24) is 15.0 Å². The first-order chi connectivity index (χ1) is 14.9. The second kappa shape index (κ2) is 7.36. The van der Waals surface area contributed by atoms with Gasteiger partial charge in [0.15, 0.2) is 0 Å². The Hall–Kier alpha value is -3.43. The van der Waals surface area contributed by atoms with Crippen molar-refractivity contribution in [3.05, 3.63) is 53.5 Å². The van der Waals surface area contributed by atoms with Crippen LogP contribution in [0.1, 0.15) is 34.9 Å². The Morgan fingerprint density at radius 2 is 1.74 bits per heavy atom. The molecule has 3 aliphatic heterocycles. The molecule has 2 saturated heterocycles. The Balaban J connectivity index is 1.31. The van der Waals surface area contributed by atoms with Crippen molar-refractivity contribution in [2.24, 2.45) is 28.6 Å². The molecule has 2 bridgehead atoms. The van der Waals surface area contributed by atoms with Crippen LogP contribution >= 0.6 is 0 Å². The zero-order chi connectivity index (χ0) is 21.7. The average molecular weight is 426 g/mol. The third-order valence-corrected chi connectivity index (χ3v) is 6.37. The molecular weight excluding hydrogens is 406 g/mol. The molecule has 1 aromatic carbocycles. The first-order valence-electron chi connectivity index (χ1n) is 10.1. The number of primary amides is 1. The molecule has 2 amide bonds. The number of carbonyl (C=O) groups excluding carboxylic acids is 2. The van der Waals surface area contributed by atoms with E-state index in [9.17, 15) is 18.4 Å². The number of amides is 2. The van der Waals surface area contributed by atoms with Crippen LogP contribution in [0.2, 0.25) is 0 Å². The number of aromatic nitrogens is 2. The molecule has 4 heterocycles. The SMILES string of the molecule is NC(=O)c1cc(N2C[C@H]3C[C@@H](C2)C3C(=O)N2N=CC[C@H]2c2cc(F)cc(F)c2)ncn1. The number of hydrogen-bond donors (Lipinski definition) is 1. The summed E-state index contributed by atoms with van der Waals surface area (Å²) in [6.07, 6.45) is 4.25. The van der Waals surface area contributed by atoms with Crippen LogP contribution < -0.4 is 10.6 Å². The van der Waals surface area contributed by atoms with Gasteiger partial charge in [0.05, 0.1) is 6.04 Å². The van der Waals surface area contributed by atoms with Crippen molar-refractivity contribution in [2.45, 2.75) is 18.9 Å². The Labute approximate surface area is 176 Å². The van der Waals surface area contributed by atoms with Gasteiger partial charge in [-0.3, -0.25) is 9.59 Å². The molecule has 1 aliphatic carbocycles. The average Bonchev–Trinajstić information content (AvgIpc) is 3.23. The minimum Gasteiger partial charge on any atom is -0.364 e. The third kappa shape index (κ3) is 3.41. The van der Waals surface area contributed by atoms with Crippen LogP contribution in [0.25, 0.3) is 0 Å². The highest BCUT2D eigenvalue weighted by Gasteiger charge is 2.53. The molecule has 1 saturated carbocycles. The van der Waals surface area contributed by atoms with E-state index < -0.39 is 23.6 Å². The first-order valence-corrected chi connectivity index (χ1v) is 10.1. The normalized spacial score (nSPS) is 26.6. The maximum Gasteiger partial charge on any atom is 0.267 e. The second-order valence-corrected chi connectivity index (χ2v) is 8.25. The number of nitrogens with zero attached hydrogens (tertiary/aromatic N) is 5. The van der Waals surface area contributed by atoms with Gasteiger partial charge < -0.3 is 10.6 Å². The maximum atomic E-state index is 13.7. The van der Waals surface area contributed by atoms with Crippen molar-refractivity contribution in [1.29, 1.82) is 0 Å². The fraction of sp³-hybridized carbons (Fsp3) is 0.381. The molecule has 4 atom stereocenters. The van der Waals surface area contributed by atoms with E-state index in [4.69, 9.17) is 5.73 Å². The van der Waals surface area contributed by atoms with E-state index in [0.717, 1.165) is 12.5 Å². The van der Waals surface area contributed by atoms with Crippen LogP contribution in [0.3, 0.4) is 0 Å². The molecular formula is C21H20F2N6O2. The lowest BCUT2D eigenvalue weighted by molar-refractivity contribution is -0.148. The predicted octanol–water partition coefficient (Wildman–Crippen LogP) is 1.89. The number of hydrogen-bond acceptors (Lipinski definition) is 6. The monoisotopic (exact) mass is 426 g/mol. The number of rotatable bonds is 4. The standard InChI is InChI=1S/C21H20F2N6O2/c22-14-4-11(5-15(23)6-14)17-1-2-27-29(17)21(31)19-12-3-13(19)9-28(8-12)18-7-16(20(24)30)25-10-26-18/h2,4-7,10,12-13,17,19H,1,3,8-9H2,(H2,24,30)/t12-,13+,17-,19?/m0/s1. The summed E-state index contributed by atoms with van der Waals surface area (Å²) in [5.41, 5.74) is 5.85. The van der Waals surface area contributed by atoms with Gasteiger partial charge >= 0.3 is 0 Å². The lowest BCUT2D eigenvalue weighted by atomic mass is 9.61. The van der Waals surface area contributed by atoms with E-state index in [-0.39, 0.29) is 29.4 Å². The van der Waals surface area contributed by atoms with Crippen LogP contribution in [0.15, 0.2) is 35.7 Å². The minimum absolute atomic E-state index is 0.110. The number of fused-ring (bicyclic) bond motifs is 2. The largest absolute Gasteiger partial charge is 0.364 e. The van der Waals surface area contributed by atoms with Gasteiger partial charge in [-0.05, 0) is 36.0 Å². The van der Waals surface area contributed by atoms with E-state index in [1.54, 1.807) is 12.3 Å². The van der Waals surface area contributed by atoms with E-state index in [0.29, 0.717) is 30.9 Å². The van der Waals surface area contributed by atoms with Crippen LogP contribution in [0.5, 0.6) is 0 Å². The Morgan fingerprint density at radius 3 is 2.42 bits per heavy atom. The quantitative estimate of drug-likeness (QED) is 0.804. The van der Waals surface area contributed by atoms with Gasteiger partial charge in [-0.15, -0.1) is 0 Å². The number of carbonyl (C=O) groups is 2. The number of anilines is 1. The van der Waals surface area contributed by atoms with E-state index in [1.165, 1.54) is 23.5 Å². The maximum absolute atomic E-state index is 13.7. The lowest BCUT2D eigenvalue weighted by Gasteiger charge is -2.53. The zero-order valence-corrected chi connectivity index (χ0v) is 16.5. The number of nitrogens with two attached hydrogens (primary N) is 1. The Morgan fingerprint density at radius 1 is 1.03 bits per heavy atom. The fourth-order valence-electron chi connectivity index (χ4n) is 4.96. The summed E-state index contributed by atoms with van der Waals surface area (Å²) in [7, 11) is 0. The van der Waals surface area contributed by atoms with Crippen molar-refractivity contribution in [3.8, 4) is 0 Å². The van der Waals surface area contributed by atoms with E-state index in [2.05, 4.69) is 15.1 Å². The highest BCUT2D eigenvalue weighted by Crippen LogP contribution is 2.48. The topological polar surface area (TPSA) is 105 Å². The van der Waals surface area contributed by atoms with Gasteiger partial charge in [-0.2, -0.15) is 5.10 Å². The molecule has 1 unspecified atom stereocenters. The molecule has 31 heavy (non-hydrogen) atoms. The summed E-state index contributed by atoms with van der Waals surface area (Å²) >= 11 is 0. The highest BCUT2D eigenvalue weighted by molar-refractivity contribution is 5.91. The molecule has 0 radical (unpaired) electrons. The third-order valence-electron chi connectivity index (χ3n) is 6.37. The number of hydrazone groups is 1. The molecule has 4 aliphatic rings. The zero-order valence-electron chi connectivity index (χ0n) is 16.5. The van der Waals surface area contributed by atoms with Crippen LogP contribution in [-0.4, -0.2) is 46.1 Å². The molecule has 1 aromatic heterocycles. The fourth-order valence-corrected chi connectivity index (χ4v) is 4.96. The van der Waals surface area contributed by atoms with Crippen molar-refractivity contribution >= 4 is 23.8 Å². The van der Waals surface area contributed by atoms with Gasteiger partial charge in [0.1, 0.15) is 29.5 Å². The van der Waals surface area contributed by atoms with Crippen molar-refractivity contribution in [2.75, 3.05) is 18.0 Å². The van der Waals surface area contributed by atoms with Gasteiger partial charge in [0, 0.05) is 43.8 Å². The van der Waals surface area contributed by atoms with Gasteiger partial charge in [0.2, 0.25) is 5.91 Å². The van der Waals surface area contributed by atoms with E-state index >= 15 is 0 Å². The van der Waals surface area contributed by atoms with Gasteiger partial charge in [0.25, 0.3) is 5.91 Å². The number of halogens is 2. The number of benzene rings is 1. The van der Waals surface area contributed by atoms with Gasteiger partial charge in [-0.25, -0.2) is 23.8 Å². The van der Waals surface area contributed by atoms with Crippen LogP contribution in [0.4, 0.5) is 14.6 Å². The molecule has 8 nitrogen and oxygen atoms in total. The van der Waals surface area contributed by atoms with Crippen molar-refractivity contribution < 1.29 is 18.4 Å². The predicted molar refractivity (Wildman–Crippen MR) is 107 cm³/mol. The molecule has 2 aromatic rings. The van der Waals surface area contributed by atoms with Crippen LogP contribution in [0, 0.1) is 29.4 Å². The smallest absolute Gasteiger partial charge is 0.267 e. The molecule has 6 rings (SSSR count). The number of piperidine rings is 2. The summed E-state index contributed by atoms with van der Waals surface area (Å²) in [6, 6.07) is 4.36. The summed E-state index contributed by atoms with van der Waals surface area (Å²) in [4.78, 5) is 34.8. The summed E-state index contributed by atoms with van der Waals surface area (Å²) < 4.78 is 27.4. The second-order valence-electron chi connectivity index (χ2n) is 8.25. The lowest BCUT2D eigenvalue weighted by Crippen LogP contribution is -2.60. The highest BCUT2D eigenvalue weighted by atomic mass is 19.1. The Kier molecular flexibility index (Phi) is 4.64. The van der Waals surface area contributed by atoms with Crippen molar-refractivity contribution in [3.63, 3.8) is 0 Å². The molecule has 160 valence electrons. The first kappa shape index (κ1) is 19.5. The molecule has 0 spiro atoms. The van der Waals surface area contributed by atoms with Gasteiger partial charge in [-0.1, -0.05) is 0 Å².